The molecular weight excluding hydrogens is 159 g/mol. The summed E-state index contributed by atoms with van der Waals surface area (Å²) < 4.78 is 12.3. The highest BCUT2D eigenvalue weighted by atomic mass is 19.1. The molecule has 0 aliphatic rings. The van der Waals surface area contributed by atoms with Crippen LogP contribution >= 0.6 is 0 Å². The Labute approximate surface area is 73.1 Å². The van der Waals surface area contributed by atoms with E-state index in [0.717, 1.165) is 0 Å². The molecule has 4 N–H and O–H groups in total. The van der Waals surface area contributed by atoms with Crippen molar-refractivity contribution in [2.75, 3.05) is 6.54 Å². The maximum atomic E-state index is 12.3. The number of hydrogen-bond acceptors (Lipinski definition) is 3. The van der Waals surface area contributed by atoms with Gasteiger partial charge in [-0.2, -0.15) is 0 Å². The van der Waals surface area contributed by atoms with Gasteiger partial charge in [-0.15, -0.1) is 0 Å². The van der Waals surface area contributed by atoms with Crippen LogP contribution in [0.25, 0.3) is 0 Å². The molecule has 0 spiro atoms. The minimum absolute atomic E-state index is 0.140. The van der Waals surface area contributed by atoms with Crippen molar-refractivity contribution >= 4 is 0 Å². The number of hydrogen-bond donors (Lipinski definition) is 3. The van der Waals surface area contributed by atoms with E-state index in [2.05, 4.69) is 5.32 Å². The van der Waals surface area contributed by atoms with E-state index in [0.29, 0.717) is 0 Å². The van der Waals surface area contributed by atoms with Crippen molar-refractivity contribution in [2.45, 2.75) is 39.2 Å². The van der Waals surface area contributed by atoms with Gasteiger partial charge in [0.1, 0.15) is 12.4 Å². The molecule has 0 aromatic carbocycles. The molecule has 0 rings (SSSR count). The molecule has 0 amide bonds. The van der Waals surface area contributed by atoms with Crippen LogP contribution in [-0.4, -0.2) is 30.1 Å². The molecule has 0 heterocycles. The van der Waals surface area contributed by atoms with Crippen molar-refractivity contribution in [3.8, 4) is 0 Å². The Balaban J connectivity index is 3.64. The average Bonchev–Trinajstić information content (AvgIpc) is 1.98. The van der Waals surface area contributed by atoms with Crippen molar-refractivity contribution in [1.82, 2.24) is 5.32 Å². The van der Waals surface area contributed by atoms with Gasteiger partial charge < -0.3 is 10.8 Å². The number of alkyl halides is 1. The number of aliphatic hydroxyl groups is 1. The monoisotopic (exact) mass is 178 g/mol. The molecule has 4 heteroatoms. The van der Waals surface area contributed by atoms with Crippen LogP contribution in [0.5, 0.6) is 0 Å². The topological polar surface area (TPSA) is 58.3 Å². The Morgan fingerprint density at radius 2 is 1.92 bits per heavy atom. The maximum Gasteiger partial charge on any atom is 0.120 e. The second-order valence-corrected chi connectivity index (χ2v) is 3.46. The molecular formula is C8H19FN2O. The van der Waals surface area contributed by atoms with E-state index in [1.165, 1.54) is 6.92 Å². The normalized spacial score (nSPS) is 19.2. The molecule has 0 aliphatic heterocycles. The minimum Gasteiger partial charge on any atom is -0.377 e. The first-order valence-corrected chi connectivity index (χ1v) is 4.26. The van der Waals surface area contributed by atoms with Gasteiger partial charge in [-0.25, -0.2) is 4.39 Å². The molecule has 3 unspecified atom stereocenters. The third-order valence-corrected chi connectivity index (χ3v) is 1.74. The van der Waals surface area contributed by atoms with Gasteiger partial charge in [0.15, 0.2) is 0 Å². The molecule has 12 heavy (non-hydrogen) atoms. The van der Waals surface area contributed by atoms with Gasteiger partial charge in [0.2, 0.25) is 0 Å². The van der Waals surface area contributed by atoms with Crippen LogP contribution in [0.2, 0.25) is 0 Å². The van der Waals surface area contributed by atoms with Crippen molar-refractivity contribution in [3.63, 3.8) is 0 Å². The van der Waals surface area contributed by atoms with Crippen molar-refractivity contribution in [2.24, 2.45) is 11.7 Å². The first-order valence-electron chi connectivity index (χ1n) is 4.26. The maximum absolute atomic E-state index is 12.3. The number of rotatable bonds is 5. The van der Waals surface area contributed by atoms with E-state index in [1.807, 2.05) is 13.8 Å². The summed E-state index contributed by atoms with van der Waals surface area (Å²) in [5.74, 6) is 0.183. The molecule has 0 aromatic rings. The van der Waals surface area contributed by atoms with E-state index in [4.69, 9.17) is 5.73 Å². The van der Waals surface area contributed by atoms with Crippen LogP contribution in [0.3, 0.4) is 0 Å². The fraction of sp³-hybridized carbons (Fsp3) is 1.00. The Morgan fingerprint density at radius 1 is 1.42 bits per heavy atom. The SMILES string of the molecule is CC(F)CNC(O)C(N)C(C)C. The second kappa shape index (κ2) is 5.45. The van der Waals surface area contributed by atoms with Gasteiger partial charge in [-0.1, -0.05) is 13.8 Å². The molecule has 0 fully saturated rings. The highest BCUT2D eigenvalue weighted by Gasteiger charge is 2.17. The summed E-state index contributed by atoms with van der Waals surface area (Å²) in [6.07, 6.45) is -1.78. The molecule has 0 bridgehead atoms. The Morgan fingerprint density at radius 3 is 2.25 bits per heavy atom. The molecule has 0 saturated carbocycles. The van der Waals surface area contributed by atoms with Gasteiger partial charge in [-0.3, -0.25) is 5.32 Å². The average molecular weight is 178 g/mol. The molecule has 3 nitrogen and oxygen atoms in total. The largest absolute Gasteiger partial charge is 0.377 e. The van der Waals surface area contributed by atoms with Crippen LogP contribution in [-0.2, 0) is 0 Å². The molecule has 0 aromatic heterocycles. The van der Waals surface area contributed by atoms with Gasteiger partial charge in [0.25, 0.3) is 0 Å². The highest BCUT2D eigenvalue weighted by molar-refractivity contribution is 4.73. The third kappa shape index (κ3) is 4.64. The lowest BCUT2D eigenvalue weighted by Crippen LogP contribution is -2.49. The predicted molar refractivity (Wildman–Crippen MR) is 47.4 cm³/mol. The number of nitrogens with one attached hydrogen (secondary N) is 1. The van der Waals surface area contributed by atoms with E-state index in [-0.39, 0.29) is 18.5 Å². The Hall–Kier alpha value is -0.190. The lowest BCUT2D eigenvalue weighted by Gasteiger charge is -2.23. The van der Waals surface area contributed by atoms with Crippen LogP contribution in [0.1, 0.15) is 20.8 Å². The number of nitrogens with two attached hydrogens (primary N) is 1. The van der Waals surface area contributed by atoms with Gasteiger partial charge in [0.05, 0.1) is 0 Å². The summed E-state index contributed by atoms with van der Waals surface area (Å²) in [7, 11) is 0. The molecule has 0 aliphatic carbocycles. The zero-order valence-corrected chi connectivity index (χ0v) is 7.92. The molecule has 3 atom stereocenters. The van der Waals surface area contributed by atoms with Gasteiger partial charge in [-0.05, 0) is 12.8 Å². The van der Waals surface area contributed by atoms with Crippen molar-refractivity contribution in [1.29, 1.82) is 0 Å². The standard InChI is InChI=1S/C8H19FN2O/c1-5(2)7(10)8(12)11-4-6(3)9/h5-8,11-12H,4,10H2,1-3H3. The third-order valence-electron chi connectivity index (χ3n) is 1.74. The van der Waals surface area contributed by atoms with Gasteiger partial charge >= 0.3 is 0 Å². The minimum atomic E-state index is -0.959. The smallest absolute Gasteiger partial charge is 0.120 e. The van der Waals surface area contributed by atoms with Crippen LogP contribution < -0.4 is 11.1 Å². The fourth-order valence-corrected chi connectivity index (χ4v) is 0.784. The van der Waals surface area contributed by atoms with E-state index < -0.39 is 12.4 Å². The lowest BCUT2D eigenvalue weighted by atomic mass is 10.0. The number of halogens is 1. The van der Waals surface area contributed by atoms with E-state index >= 15 is 0 Å². The van der Waals surface area contributed by atoms with Crippen LogP contribution in [0.15, 0.2) is 0 Å². The molecule has 0 radical (unpaired) electrons. The fourth-order valence-electron chi connectivity index (χ4n) is 0.784. The van der Waals surface area contributed by atoms with E-state index in [9.17, 15) is 9.50 Å². The Kier molecular flexibility index (Phi) is 5.37. The first kappa shape index (κ1) is 11.8. The van der Waals surface area contributed by atoms with Crippen molar-refractivity contribution < 1.29 is 9.50 Å². The zero-order chi connectivity index (χ0) is 9.72. The Bertz CT molecular complexity index is 120. The van der Waals surface area contributed by atoms with E-state index in [1.54, 1.807) is 0 Å². The summed E-state index contributed by atoms with van der Waals surface area (Å²) in [6.45, 7) is 5.39. The highest BCUT2D eigenvalue weighted by Crippen LogP contribution is 2.01. The quantitative estimate of drug-likeness (QED) is 0.528. The molecule has 74 valence electrons. The second-order valence-electron chi connectivity index (χ2n) is 3.46. The van der Waals surface area contributed by atoms with Crippen molar-refractivity contribution in [3.05, 3.63) is 0 Å². The zero-order valence-electron chi connectivity index (χ0n) is 7.92. The predicted octanol–water partition coefficient (Wildman–Crippen LogP) is 0.236. The summed E-state index contributed by atoms with van der Waals surface area (Å²) >= 11 is 0. The van der Waals surface area contributed by atoms with Gasteiger partial charge in [0, 0.05) is 12.6 Å². The van der Waals surface area contributed by atoms with Crippen LogP contribution in [0, 0.1) is 5.92 Å². The summed E-state index contributed by atoms with van der Waals surface area (Å²) in [5.41, 5.74) is 5.61. The summed E-state index contributed by atoms with van der Waals surface area (Å²) in [4.78, 5) is 0. The summed E-state index contributed by atoms with van der Waals surface area (Å²) in [5, 5.41) is 12.0. The lowest BCUT2D eigenvalue weighted by molar-refractivity contribution is 0.0847. The summed E-state index contributed by atoms with van der Waals surface area (Å²) in [6, 6.07) is -0.344. The first-order chi connectivity index (χ1) is 5.45. The van der Waals surface area contributed by atoms with Crippen LogP contribution in [0.4, 0.5) is 4.39 Å². The number of aliphatic hydroxyl groups excluding tert-OH is 1. The molecule has 0 saturated heterocycles.